The van der Waals surface area contributed by atoms with Gasteiger partial charge >= 0.3 is 0 Å². The maximum Gasteiger partial charge on any atom is 0.0713 e. The van der Waals surface area contributed by atoms with Gasteiger partial charge in [0, 0.05) is 19.2 Å². The van der Waals surface area contributed by atoms with Crippen LogP contribution < -0.4 is 0 Å². The number of rotatable bonds is 5. The minimum absolute atomic E-state index is 0.162. The number of hydrogen-bond acceptors (Lipinski definition) is 4. The molecular weight excluding hydrogens is 246 g/mol. The first-order chi connectivity index (χ1) is 8.79. The first-order valence-corrected chi connectivity index (χ1v) is 8.52. The van der Waals surface area contributed by atoms with Crippen LogP contribution in [0, 0.1) is 0 Å². The lowest BCUT2D eigenvalue weighted by Crippen LogP contribution is -2.51. The van der Waals surface area contributed by atoms with E-state index in [0.717, 1.165) is 26.1 Å². The normalized spacial score (nSPS) is 27.8. The molecule has 0 aromatic carbocycles. The third kappa shape index (κ3) is 3.62. The number of aliphatic hydroxyl groups excluding tert-OH is 1. The van der Waals surface area contributed by atoms with Crippen LogP contribution in [0.5, 0.6) is 0 Å². The zero-order valence-electron chi connectivity index (χ0n) is 11.6. The van der Waals surface area contributed by atoms with Crippen LogP contribution >= 0.6 is 11.8 Å². The zero-order chi connectivity index (χ0) is 12.8. The van der Waals surface area contributed by atoms with Gasteiger partial charge in [0.05, 0.1) is 12.2 Å². The highest BCUT2D eigenvalue weighted by molar-refractivity contribution is 7.99. The summed E-state index contributed by atoms with van der Waals surface area (Å²) in [4.78, 5) is 2.48. The lowest BCUT2D eigenvalue weighted by molar-refractivity contribution is -0.111. The molecule has 1 unspecified atom stereocenters. The molecule has 18 heavy (non-hydrogen) atoms. The van der Waals surface area contributed by atoms with Crippen molar-refractivity contribution in [1.29, 1.82) is 0 Å². The molecule has 1 spiro atoms. The van der Waals surface area contributed by atoms with Crippen LogP contribution in [0.1, 0.15) is 39.0 Å². The lowest BCUT2D eigenvalue weighted by Gasteiger charge is -2.46. The topological polar surface area (TPSA) is 32.7 Å². The van der Waals surface area contributed by atoms with Crippen molar-refractivity contribution in [3.05, 3.63) is 0 Å². The van der Waals surface area contributed by atoms with Crippen molar-refractivity contribution < 1.29 is 9.84 Å². The number of nitrogens with zero attached hydrogens (tertiary/aromatic N) is 1. The molecule has 1 atom stereocenters. The fourth-order valence-electron chi connectivity index (χ4n) is 3.30. The van der Waals surface area contributed by atoms with Gasteiger partial charge in [0.15, 0.2) is 0 Å². The second-order valence-electron chi connectivity index (χ2n) is 5.55. The highest BCUT2D eigenvalue weighted by Crippen LogP contribution is 2.38. The highest BCUT2D eigenvalue weighted by atomic mass is 32.2. The number of thioether (sulfide) groups is 1. The van der Waals surface area contributed by atoms with Crippen LogP contribution in [-0.4, -0.2) is 59.5 Å². The van der Waals surface area contributed by atoms with Gasteiger partial charge in [0.1, 0.15) is 0 Å². The van der Waals surface area contributed by atoms with Crippen molar-refractivity contribution in [2.45, 2.75) is 50.7 Å². The van der Waals surface area contributed by atoms with Gasteiger partial charge in [-0.15, -0.1) is 0 Å². The van der Waals surface area contributed by atoms with E-state index in [2.05, 4.69) is 23.6 Å². The maximum atomic E-state index is 9.22. The van der Waals surface area contributed by atoms with Gasteiger partial charge in [-0.2, -0.15) is 11.8 Å². The summed E-state index contributed by atoms with van der Waals surface area (Å²) in [7, 11) is 0. The summed E-state index contributed by atoms with van der Waals surface area (Å²) in [6.07, 6.45) is 5.91. The summed E-state index contributed by atoms with van der Waals surface area (Å²) in [6.45, 7) is 5.33. The molecule has 0 aromatic rings. The molecule has 0 bridgehead atoms. The third-order valence-corrected chi connectivity index (χ3v) is 5.27. The van der Waals surface area contributed by atoms with Gasteiger partial charge in [-0.1, -0.05) is 6.92 Å². The Balaban J connectivity index is 1.95. The van der Waals surface area contributed by atoms with Gasteiger partial charge in [-0.25, -0.2) is 0 Å². The Morgan fingerprint density at radius 3 is 2.78 bits per heavy atom. The van der Waals surface area contributed by atoms with Crippen LogP contribution in [0.25, 0.3) is 0 Å². The molecule has 2 saturated heterocycles. The van der Waals surface area contributed by atoms with E-state index in [1.807, 2.05) is 0 Å². The molecule has 4 heteroatoms. The lowest BCUT2D eigenvalue weighted by atomic mass is 9.85. The minimum atomic E-state index is 0.162. The first-order valence-electron chi connectivity index (χ1n) is 7.36. The van der Waals surface area contributed by atoms with Gasteiger partial charge in [-0.05, 0) is 50.2 Å². The van der Waals surface area contributed by atoms with Crippen molar-refractivity contribution >= 4 is 11.8 Å². The number of aliphatic hydroxyl groups is 1. The summed E-state index contributed by atoms with van der Waals surface area (Å²) >= 11 is 2.06. The van der Waals surface area contributed by atoms with Gasteiger partial charge < -0.3 is 9.84 Å². The van der Waals surface area contributed by atoms with Crippen molar-refractivity contribution in [3.63, 3.8) is 0 Å². The molecule has 2 fully saturated rings. The Bertz CT molecular complexity index is 232. The molecule has 0 saturated carbocycles. The summed E-state index contributed by atoms with van der Waals surface area (Å²) in [6, 6.07) is 0.619. The molecule has 2 aliphatic heterocycles. The Kier molecular flexibility index (Phi) is 5.80. The predicted octanol–water partition coefficient (Wildman–Crippen LogP) is 2.14. The summed E-state index contributed by atoms with van der Waals surface area (Å²) < 4.78 is 6.14. The quantitative estimate of drug-likeness (QED) is 0.832. The highest BCUT2D eigenvalue weighted by Gasteiger charge is 2.40. The van der Waals surface area contributed by atoms with E-state index < -0.39 is 0 Å². The van der Waals surface area contributed by atoms with E-state index in [1.165, 1.54) is 37.2 Å². The number of ether oxygens (including phenoxy) is 1. The second kappa shape index (κ2) is 7.13. The van der Waals surface area contributed by atoms with Crippen molar-refractivity contribution in [2.75, 3.05) is 37.8 Å². The molecule has 0 amide bonds. The smallest absolute Gasteiger partial charge is 0.0713 e. The summed E-state index contributed by atoms with van der Waals surface area (Å²) in [5, 5.41) is 9.22. The Morgan fingerprint density at radius 2 is 2.11 bits per heavy atom. The maximum absolute atomic E-state index is 9.22. The van der Waals surface area contributed by atoms with Crippen LogP contribution in [0.3, 0.4) is 0 Å². The monoisotopic (exact) mass is 273 g/mol. The summed E-state index contributed by atoms with van der Waals surface area (Å²) in [5.74, 6) is 2.50. The summed E-state index contributed by atoms with van der Waals surface area (Å²) in [5.41, 5.74) is 0.162. The molecule has 0 radical (unpaired) electrons. The minimum Gasteiger partial charge on any atom is -0.395 e. The van der Waals surface area contributed by atoms with Crippen molar-refractivity contribution in [3.8, 4) is 0 Å². The first kappa shape index (κ1) is 14.6. The molecule has 0 aromatic heterocycles. The SMILES string of the molecule is CCCN(CCO)C1CCOC2(CCSCC2)C1. The molecule has 2 heterocycles. The molecule has 106 valence electrons. The third-order valence-electron chi connectivity index (χ3n) is 4.29. The molecule has 2 aliphatic rings. The van der Waals surface area contributed by atoms with E-state index in [4.69, 9.17) is 4.74 Å². The van der Waals surface area contributed by atoms with Crippen LogP contribution in [0.15, 0.2) is 0 Å². The average molecular weight is 273 g/mol. The zero-order valence-corrected chi connectivity index (χ0v) is 12.4. The Morgan fingerprint density at radius 1 is 1.33 bits per heavy atom. The Hall–Kier alpha value is 0.230. The van der Waals surface area contributed by atoms with Gasteiger partial charge in [0.25, 0.3) is 0 Å². The Labute approximate surface area is 115 Å². The largest absolute Gasteiger partial charge is 0.395 e. The molecular formula is C14H27NO2S. The van der Waals surface area contributed by atoms with Crippen molar-refractivity contribution in [2.24, 2.45) is 0 Å². The van der Waals surface area contributed by atoms with Crippen LogP contribution in [0.2, 0.25) is 0 Å². The fraction of sp³-hybridized carbons (Fsp3) is 1.00. The van der Waals surface area contributed by atoms with E-state index in [9.17, 15) is 5.11 Å². The predicted molar refractivity (Wildman–Crippen MR) is 77.2 cm³/mol. The molecule has 0 aliphatic carbocycles. The molecule has 2 rings (SSSR count). The fourth-order valence-corrected chi connectivity index (χ4v) is 4.53. The van der Waals surface area contributed by atoms with Gasteiger partial charge in [-0.3, -0.25) is 4.90 Å². The van der Waals surface area contributed by atoms with Gasteiger partial charge in [0.2, 0.25) is 0 Å². The average Bonchev–Trinajstić information content (AvgIpc) is 2.39. The van der Waals surface area contributed by atoms with Crippen molar-refractivity contribution in [1.82, 2.24) is 4.90 Å². The van der Waals surface area contributed by atoms with Crippen LogP contribution in [-0.2, 0) is 4.74 Å². The molecule has 3 nitrogen and oxygen atoms in total. The second-order valence-corrected chi connectivity index (χ2v) is 6.77. The van der Waals surface area contributed by atoms with E-state index in [0.29, 0.717) is 6.04 Å². The molecule has 1 N–H and O–H groups in total. The number of hydrogen-bond donors (Lipinski definition) is 1. The van der Waals surface area contributed by atoms with E-state index in [1.54, 1.807) is 0 Å². The van der Waals surface area contributed by atoms with E-state index in [-0.39, 0.29) is 12.2 Å². The standard InChI is InChI=1S/C14H27NO2S/c1-2-6-15(7-8-16)13-3-9-17-14(12-13)4-10-18-11-5-14/h13,16H,2-12H2,1H3. The van der Waals surface area contributed by atoms with Crippen LogP contribution in [0.4, 0.5) is 0 Å². The van der Waals surface area contributed by atoms with E-state index >= 15 is 0 Å².